The van der Waals surface area contributed by atoms with Crippen molar-refractivity contribution in [1.82, 2.24) is 24.6 Å². The van der Waals surface area contributed by atoms with Crippen LogP contribution in [0.5, 0.6) is 11.5 Å². The van der Waals surface area contributed by atoms with Gasteiger partial charge in [0, 0.05) is 18.2 Å². The van der Waals surface area contributed by atoms with Gasteiger partial charge in [0.25, 0.3) is 0 Å². The van der Waals surface area contributed by atoms with Crippen LogP contribution in [0, 0.1) is 6.92 Å². The molecule has 2 aromatic heterocycles. The normalized spacial score (nSPS) is 18.4. The van der Waals surface area contributed by atoms with Gasteiger partial charge < -0.3 is 19.7 Å². The topological polar surface area (TPSA) is 87.3 Å². The standard InChI is InChI=1S/C19H20F3N5O2/c1-10-16(15-13(28)6-11(7-14(15)29)19(20,21)22)24-25-18-17(10)23-9-27(18)12-4-3-5-26(2)8-12/h6-7,9,12,28-29H,3-5,8H2,1-2H3/t12-/m1/s1. The zero-order valence-corrected chi connectivity index (χ0v) is 15.9. The van der Waals surface area contributed by atoms with E-state index in [2.05, 4.69) is 27.1 Å². The van der Waals surface area contributed by atoms with E-state index in [1.54, 1.807) is 13.3 Å². The summed E-state index contributed by atoms with van der Waals surface area (Å²) in [6.07, 6.45) is -0.964. The zero-order chi connectivity index (χ0) is 20.9. The average Bonchev–Trinajstić information content (AvgIpc) is 3.07. The molecule has 10 heteroatoms. The van der Waals surface area contributed by atoms with Gasteiger partial charge in [-0.1, -0.05) is 0 Å². The first kappa shape index (κ1) is 19.4. The number of phenolic OH excluding ortho intramolecular Hbond substituents is 2. The third-order valence-electron chi connectivity index (χ3n) is 5.38. The van der Waals surface area contributed by atoms with Crippen LogP contribution < -0.4 is 0 Å². The number of likely N-dealkylation sites (N-methyl/N-ethyl adjacent to an activating group) is 1. The number of alkyl halides is 3. The van der Waals surface area contributed by atoms with Crippen molar-refractivity contribution in [2.75, 3.05) is 20.1 Å². The molecule has 154 valence electrons. The number of aryl methyl sites for hydroxylation is 1. The van der Waals surface area contributed by atoms with Crippen LogP contribution in [-0.2, 0) is 6.18 Å². The van der Waals surface area contributed by atoms with Crippen molar-refractivity contribution in [2.45, 2.75) is 32.0 Å². The minimum Gasteiger partial charge on any atom is -0.507 e. The molecule has 29 heavy (non-hydrogen) atoms. The fourth-order valence-electron chi connectivity index (χ4n) is 3.89. The molecular formula is C19H20F3N5O2. The molecule has 2 N–H and O–H groups in total. The number of piperidine rings is 1. The SMILES string of the molecule is Cc1c(-c2c(O)cc(C(F)(F)F)cc2O)nnc2c1ncn2[C@@H]1CCCN(C)C1. The van der Waals surface area contributed by atoms with Gasteiger partial charge in [-0.2, -0.15) is 13.2 Å². The number of nitrogens with zero attached hydrogens (tertiary/aromatic N) is 5. The number of hydrogen-bond donors (Lipinski definition) is 2. The predicted octanol–water partition coefficient (Wildman–Crippen LogP) is 3.50. The van der Waals surface area contributed by atoms with Gasteiger partial charge in [0.15, 0.2) is 5.65 Å². The van der Waals surface area contributed by atoms with Gasteiger partial charge in [-0.05, 0) is 45.5 Å². The van der Waals surface area contributed by atoms with Gasteiger partial charge in [0.1, 0.15) is 22.7 Å². The van der Waals surface area contributed by atoms with Crippen LogP contribution in [0.1, 0.15) is 30.0 Å². The molecule has 0 radical (unpaired) electrons. The first-order valence-corrected chi connectivity index (χ1v) is 9.18. The Kier molecular flexibility index (Phi) is 4.60. The van der Waals surface area contributed by atoms with Crippen molar-refractivity contribution in [3.8, 4) is 22.8 Å². The Morgan fingerprint density at radius 2 is 1.83 bits per heavy atom. The summed E-state index contributed by atoms with van der Waals surface area (Å²) in [7, 11) is 2.05. The van der Waals surface area contributed by atoms with Crippen LogP contribution in [0.25, 0.3) is 22.4 Å². The second-order valence-corrected chi connectivity index (χ2v) is 7.44. The molecule has 1 aliphatic heterocycles. The molecule has 1 aliphatic rings. The number of benzene rings is 1. The average molecular weight is 407 g/mol. The first-order chi connectivity index (χ1) is 13.7. The number of phenols is 2. The minimum absolute atomic E-state index is 0.0900. The highest BCUT2D eigenvalue weighted by atomic mass is 19.4. The molecule has 7 nitrogen and oxygen atoms in total. The molecular weight excluding hydrogens is 387 g/mol. The molecule has 1 aromatic carbocycles. The maximum atomic E-state index is 12.9. The van der Waals surface area contributed by atoms with E-state index in [9.17, 15) is 23.4 Å². The molecule has 0 bridgehead atoms. The van der Waals surface area contributed by atoms with E-state index in [-0.39, 0.29) is 17.3 Å². The van der Waals surface area contributed by atoms with Crippen molar-refractivity contribution in [1.29, 1.82) is 0 Å². The molecule has 1 atom stereocenters. The molecule has 0 spiro atoms. The quantitative estimate of drug-likeness (QED) is 0.676. The van der Waals surface area contributed by atoms with Crippen molar-refractivity contribution in [3.05, 3.63) is 29.6 Å². The Morgan fingerprint density at radius 3 is 2.45 bits per heavy atom. The van der Waals surface area contributed by atoms with Crippen LogP contribution in [0.3, 0.4) is 0 Å². The lowest BCUT2D eigenvalue weighted by Gasteiger charge is -2.30. The van der Waals surface area contributed by atoms with Gasteiger partial charge in [-0.25, -0.2) is 4.98 Å². The molecule has 0 amide bonds. The number of rotatable bonds is 2. The van der Waals surface area contributed by atoms with E-state index >= 15 is 0 Å². The predicted molar refractivity (Wildman–Crippen MR) is 99.6 cm³/mol. The van der Waals surface area contributed by atoms with E-state index in [0.29, 0.717) is 28.9 Å². The zero-order valence-electron chi connectivity index (χ0n) is 15.9. The number of aromatic hydroxyl groups is 2. The van der Waals surface area contributed by atoms with Gasteiger partial charge in [0.05, 0.1) is 17.5 Å². The van der Waals surface area contributed by atoms with Crippen molar-refractivity contribution in [3.63, 3.8) is 0 Å². The Bertz CT molecular complexity index is 1060. The molecule has 0 saturated carbocycles. The molecule has 4 rings (SSSR count). The fourth-order valence-corrected chi connectivity index (χ4v) is 3.89. The molecule has 1 saturated heterocycles. The van der Waals surface area contributed by atoms with Gasteiger partial charge in [-0.15, -0.1) is 10.2 Å². The molecule has 3 aromatic rings. The van der Waals surface area contributed by atoms with Crippen molar-refractivity contribution in [2.24, 2.45) is 0 Å². The lowest BCUT2D eigenvalue weighted by molar-refractivity contribution is -0.137. The number of hydrogen-bond acceptors (Lipinski definition) is 6. The maximum Gasteiger partial charge on any atom is 0.416 e. The molecule has 1 fully saturated rings. The number of aromatic nitrogens is 4. The van der Waals surface area contributed by atoms with Crippen LogP contribution in [-0.4, -0.2) is 55.0 Å². The minimum atomic E-state index is -4.69. The van der Waals surface area contributed by atoms with Gasteiger partial charge in [0.2, 0.25) is 0 Å². The summed E-state index contributed by atoms with van der Waals surface area (Å²) in [5.41, 5.74) is 0.361. The fraction of sp³-hybridized carbons (Fsp3) is 0.421. The molecule has 3 heterocycles. The van der Waals surface area contributed by atoms with Crippen LogP contribution in [0.2, 0.25) is 0 Å². The summed E-state index contributed by atoms with van der Waals surface area (Å²) in [5, 5.41) is 28.7. The van der Waals surface area contributed by atoms with Gasteiger partial charge in [-0.3, -0.25) is 0 Å². The summed E-state index contributed by atoms with van der Waals surface area (Å²) in [6, 6.07) is 1.33. The number of likely N-dealkylation sites (tertiary alicyclic amines) is 1. The smallest absolute Gasteiger partial charge is 0.416 e. The third-order valence-corrected chi connectivity index (χ3v) is 5.38. The third kappa shape index (κ3) is 3.37. The summed E-state index contributed by atoms with van der Waals surface area (Å²) in [6.45, 7) is 3.58. The monoisotopic (exact) mass is 407 g/mol. The summed E-state index contributed by atoms with van der Waals surface area (Å²) < 4.78 is 40.7. The molecule has 0 aliphatic carbocycles. The maximum absolute atomic E-state index is 12.9. The number of fused-ring (bicyclic) bond motifs is 1. The van der Waals surface area contributed by atoms with E-state index in [1.807, 2.05) is 4.57 Å². The lowest BCUT2D eigenvalue weighted by atomic mass is 10.0. The first-order valence-electron chi connectivity index (χ1n) is 9.18. The molecule has 0 unspecified atom stereocenters. The summed E-state index contributed by atoms with van der Waals surface area (Å²) >= 11 is 0. The van der Waals surface area contributed by atoms with E-state index in [4.69, 9.17) is 0 Å². The number of imidazole rings is 1. The lowest BCUT2D eigenvalue weighted by Crippen LogP contribution is -2.33. The highest BCUT2D eigenvalue weighted by molar-refractivity contribution is 5.85. The van der Waals surface area contributed by atoms with Gasteiger partial charge >= 0.3 is 6.18 Å². The largest absolute Gasteiger partial charge is 0.507 e. The summed E-state index contributed by atoms with van der Waals surface area (Å²) in [4.78, 5) is 6.65. The van der Waals surface area contributed by atoms with E-state index in [0.717, 1.165) is 25.9 Å². The van der Waals surface area contributed by atoms with Crippen molar-refractivity contribution < 1.29 is 23.4 Å². The second kappa shape index (κ2) is 6.87. The van der Waals surface area contributed by atoms with Crippen LogP contribution in [0.4, 0.5) is 13.2 Å². The number of halogens is 3. The van der Waals surface area contributed by atoms with E-state index in [1.165, 1.54) is 0 Å². The van der Waals surface area contributed by atoms with Crippen LogP contribution in [0.15, 0.2) is 18.5 Å². The Morgan fingerprint density at radius 1 is 1.14 bits per heavy atom. The Balaban J connectivity index is 1.80. The van der Waals surface area contributed by atoms with E-state index < -0.39 is 23.2 Å². The highest BCUT2D eigenvalue weighted by Crippen LogP contribution is 2.43. The Hall–Kier alpha value is -2.88. The Labute approximate surface area is 164 Å². The van der Waals surface area contributed by atoms with Crippen molar-refractivity contribution >= 4 is 11.2 Å². The second-order valence-electron chi connectivity index (χ2n) is 7.44. The highest BCUT2D eigenvalue weighted by Gasteiger charge is 2.33. The van der Waals surface area contributed by atoms with Crippen LogP contribution >= 0.6 is 0 Å². The summed E-state index contributed by atoms with van der Waals surface area (Å²) in [5.74, 6) is -1.44.